The van der Waals surface area contributed by atoms with Gasteiger partial charge >= 0.3 is 24.8 Å². The third-order valence-corrected chi connectivity index (χ3v) is 3.94. The summed E-state index contributed by atoms with van der Waals surface area (Å²) in [5.41, 5.74) is -0.711. The molecule has 0 atom stereocenters. The fraction of sp³-hybridized carbons (Fsp3) is 0.400. The normalized spacial score (nSPS) is 9.11. The van der Waals surface area contributed by atoms with Crippen molar-refractivity contribution in [3.8, 4) is 0 Å². The van der Waals surface area contributed by atoms with E-state index in [1.807, 2.05) is 14.1 Å². The summed E-state index contributed by atoms with van der Waals surface area (Å²) in [6.07, 6.45) is -3.05. The number of hydrogen-bond acceptors (Lipinski definition) is 5. The number of ether oxygens (including phenoxy) is 1. The molecule has 0 aliphatic carbocycles. The number of hydrogen-bond donors (Lipinski definition) is 1. The van der Waals surface area contributed by atoms with Gasteiger partial charge in [0.25, 0.3) is 18.8 Å². The average molecular weight is 546 g/mol. The molecule has 0 fully saturated rings. The van der Waals surface area contributed by atoms with Crippen molar-refractivity contribution in [2.75, 3.05) is 35.4 Å². The first-order chi connectivity index (χ1) is 16.6. The van der Waals surface area contributed by atoms with Crippen LogP contribution in [0, 0.1) is 6.92 Å². The number of carbonyl (C=O) groups is 2. The van der Waals surface area contributed by atoms with E-state index in [0.29, 0.717) is 0 Å². The number of benzene rings is 2. The summed E-state index contributed by atoms with van der Waals surface area (Å²) < 4.78 is 54.1. The van der Waals surface area contributed by atoms with E-state index >= 15 is 0 Å². The fourth-order valence-corrected chi connectivity index (χ4v) is 2.12. The molecule has 0 aliphatic heterocycles. The van der Waals surface area contributed by atoms with Gasteiger partial charge in [0, 0.05) is 18.2 Å². The van der Waals surface area contributed by atoms with E-state index in [2.05, 4.69) is 28.7 Å². The fourth-order valence-electron chi connectivity index (χ4n) is 2.12. The molecule has 0 unspecified atom stereocenters. The summed E-state index contributed by atoms with van der Waals surface area (Å²) in [4.78, 5) is 27.2. The van der Waals surface area contributed by atoms with Crippen LogP contribution in [0.4, 0.5) is 17.6 Å². The van der Waals surface area contributed by atoms with Gasteiger partial charge in [-0.1, -0.05) is 49.7 Å². The first kappa shape index (κ1) is 42.0. The van der Waals surface area contributed by atoms with Crippen LogP contribution in [0.5, 0.6) is 0 Å². The van der Waals surface area contributed by atoms with Crippen LogP contribution in [0.1, 0.15) is 64.5 Å². The molecular formula is C25H35ClF4LiN2O4-. The molecule has 0 aromatic heterocycles. The summed E-state index contributed by atoms with van der Waals surface area (Å²) in [7, 11) is 7.57. The zero-order chi connectivity index (χ0) is 27.4. The van der Waals surface area contributed by atoms with Crippen molar-refractivity contribution in [1.29, 1.82) is 0 Å². The molecular weight excluding hydrogens is 511 g/mol. The number of carbonyl (C=O) groups excluding carboxylic acids is 2. The molecule has 0 heterocycles. The summed E-state index contributed by atoms with van der Waals surface area (Å²) >= 11 is 0. The number of esters is 1. The Balaban J connectivity index is -0.000000227. The van der Waals surface area contributed by atoms with Crippen molar-refractivity contribution >= 4 is 11.9 Å². The maximum Gasteiger partial charge on any atom is 1.00 e. The van der Waals surface area contributed by atoms with Crippen LogP contribution in [0.15, 0.2) is 48.5 Å². The van der Waals surface area contributed by atoms with Gasteiger partial charge < -0.3 is 29.4 Å². The Labute approximate surface area is 235 Å². The topological polar surface area (TPSA) is 67.9 Å². The molecule has 6 nitrogen and oxygen atoms in total. The van der Waals surface area contributed by atoms with E-state index in [0.717, 1.165) is 18.6 Å². The minimum absolute atomic E-state index is 0. The molecule has 0 saturated carbocycles. The maximum atomic E-state index is 12.5. The van der Waals surface area contributed by atoms with Crippen molar-refractivity contribution in [1.82, 2.24) is 10.4 Å². The second-order valence-corrected chi connectivity index (χ2v) is 6.61. The van der Waals surface area contributed by atoms with E-state index < -0.39 is 24.7 Å². The molecule has 0 aliphatic rings. The summed E-state index contributed by atoms with van der Waals surface area (Å²) in [6.45, 7) is 5.72. The predicted octanol–water partition coefficient (Wildman–Crippen LogP) is 0.133. The Bertz CT molecular complexity index is 863. The van der Waals surface area contributed by atoms with E-state index in [1.165, 1.54) is 69.1 Å². The smallest absolute Gasteiger partial charge is 1.00 e. The first-order valence-electron chi connectivity index (χ1n) is 10.6. The monoisotopic (exact) mass is 545 g/mol. The van der Waals surface area contributed by atoms with Gasteiger partial charge in [0.05, 0.1) is 25.3 Å². The molecule has 12 heteroatoms. The second-order valence-electron chi connectivity index (χ2n) is 6.61. The number of alkyl halides is 4. The van der Waals surface area contributed by atoms with Gasteiger partial charge in [0.1, 0.15) is 0 Å². The summed E-state index contributed by atoms with van der Waals surface area (Å²) in [5.74, 6) is -1.33. The summed E-state index contributed by atoms with van der Waals surface area (Å²) in [6, 6.07) is 11.0. The molecule has 2 rings (SSSR count). The number of nitrogens with zero attached hydrogens (tertiary/aromatic N) is 1. The van der Waals surface area contributed by atoms with Crippen LogP contribution in [0.3, 0.4) is 0 Å². The number of methoxy groups -OCH3 is 1. The Kier molecular flexibility index (Phi) is 29.0. The predicted molar refractivity (Wildman–Crippen MR) is 128 cm³/mol. The van der Waals surface area contributed by atoms with E-state index in [-0.39, 0.29) is 53.5 Å². The van der Waals surface area contributed by atoms with Crippen molar-refractivity contribution in [2.45, 2.75) is 32.6 Å². The Morgan fingerprint density at radius 3 is 1.59 bits per heavy atom. The van der Waals surface area contributed by atoms with Gasteiger partial charge in [0.2, 0.25) is 0 Å². The third-order valence-electron chi connectivity index (χ3n) is 3.94. The Hall–Kier alpha value is -2.09. The molecule has 2 aromatic carbocycles. The van der Waals surface area contributed by atoms with Crippen LogP contribution >= 0.6 is 0 Å². The average Bonchev–Trinajstić information content (AvgIpc) is 2.88. The van der Waals surface area contributed by atoms with E-state index in [9.17, 15) is 27.2 Å². The minimum Gasteiger partial charge on any atom is -1.00 e. The number of nitrogens with one attached hydrogen (secondary N) is 1. The third kappa shape index (κ3) is 17.1. The molecule has 0 radical (unpaired) electrons. The molecule has 0 saturated heterocycles. The minimum atomic E-state index is -2.67. The maximum absolute atomic E-state index is 12.5. The van der Waals surface area contributed by atoms with Crippen molar-refractivity contribution in [2.24, 2.45) is 0 Å². The largest absolute Gasteiger partial charge is 1.00 e. The Morgan fingerprint density at radius 2 is 1.27 bits per heavy atom. The molecule has 2 aromatic rings. The molecule has 0 bridgehead atoms. The van der Waals surface area contributed by atoms with Crippen molar-refractivity contribution in [3.05, 3.63) is 77.7 Å². The van der Waals surface area contributed by atoms with Gasteiger partial charge in [-0.2, -0.15) is 6.42 Å². The quantitative estimate of drug-likeness (QED) is 0.184. The van der Waals surface area contributed by atoms with Gasteiger partial charge in [-0.05, 0) is 26.2 Å². The zero-order valence-corrected chi connectivity index (χ0v) is 23.1. The van der Waals surface area contributed by atoms with Crippen LogP contribution < -0.4 is 36.6 Å². The van der Waals surface area contributed by atoms with Crippen molar-refractivity contribution in [3.63, 3.8) is 0 Å². The van der Waals surface area contributed by atoms with Crippen molar-refractivity contribution < 1.29 is 68.0 Å². The zero-order valence-electron chi connectivity index (χ0n) is 22.4. The van der Waals surface area contributed by atoms with E-state index in [4.69, 9.17) is 0 Å². The Morgan fingerprint density at radius 1 is 0.919 bits per heavy atom. The SMILES string of the molecule is CNC.COC(=O)c1ccccc1C(F)F.CON(C)C(=O)c1ccccc1C(F)F.[CH2-]CCC.[Cl-].[Li+]. The van der Waals surface area contributed by atoms with Crippen LogP contribution in [0.25, 0.3) is 0 Å². The van der Waals surface area contributed by atoms with Gasteiger partial charge in [-0.3, -0.25) is 9.63 Å². The number of amides is 1. The number of hydroxylamine groups is 2. The number of rotatable bonds is 6. The van der Waals surface area contributed by atoms with Crippen LogP contribution in [-0.2, 0) is 9.57 Å². The molecule has 0 spiro atoms. The van der Waals surface area contributed by atoms with Gasteiger partial charge in [-0.15, -0.1) is 0 Å². The van der Waals surface area contributed by atoms with Gasteiger partial charge in [-0.25, -0.2) is 27.4 Å². The van der Waals surface area contributed by atoms with Crippen LogP contribution in [0.2, 0.25) is 0 Å². The number of halogens is 5. The van der Waals surface area contributed by atoms with Crippen LogP contribution in [-0.4, -0.2) is 52.3 Å². The molecule has 1 amide bonds. The standard InChI is InChI=1S/C10H11F2NO2.C9H8F2O2.C4H9.C2H7N.ClH.Li/c1-13(15-2)10(14)8-6-4-3-5-7(8)9(11)12;1-13-9(12)7-5-3-2-4-6(7)8(10)11;1-3-4-2;1-3-2;;/h3-6,9H,1-2H3;2-5,8H,1H3;1,3-4H2,2H3;3H,1-2H3;1H;/q;;-1;;;+1/p-1. The first-order valence-corrected chi connectivity index (χ1v) is 10.6. The molecule has 37 heavy (non-hydrogen) atoms. The van der Waals surface area contributed by atoms with E-state index in [1.54, 1.807) is 0 Å². The molecule has 206 valence electrons. The second kappa shape index (κ2) is 25.6. The number of unbranched alkanes of at least 4 members (excludes halogenated alkanes) is 1. The molecule has 1 N–H and O–H groups in total. The van der Waals surface area contributed by atoms with Gasteiger partial charge in [0.15, 0.2) is 0 Å². The summed E-state index contributed by atoms with van der Waals surface area (Å²) in [5, 5.41) is 3.65.